The van der Waals surface area contributed by atoms with Crippen molar-refractivity contribution < 1.29 is 14.7 Å². The van der Waals surface area contributed by atoms with Crippen molar-refractivity contribution in [1.29, 1.82) is 0 Å². The molecule has 4 nitrogen and oxygen atoms in total. The van der Waals surface area contributed by atoms with E-state index in [-0.39, 0.29) is 23.8 Å². The standard InChI is InChI=1S/C11H17NO3/c1-8-6-9(14)12(10(8)15)7-11(2,3)4-5-13/h6,13H,4-5,7H2,1-3H3. The Morgan fingerprint density at radius 3 is 2.40 bits per heavy atom. The average Bonchev–Trinajstić information content (AvgIpc) is 2.32. The molecule has 15 heavy (non-hydrogen) atoms. The van der Waals surface area contributed by atoms with Crippen LogP contribution in [-0.4, -0.2) is 35.0 Å². The molecule has 0 unspecified atom stereocenters. The van der Waals surface area contributed by atoms with Crippen molar-refractivity contribution in [2.24, 2.45) is 5.41 Å². The van der Waals surface area contributed by atoms with Crippen LogP contribution in [0.5, 0.6) is 0 Å². The van der Waals surface area contributed by atoms with Gasteiger partial charge in [-0.2, -0.15) is 0 Å². The molecule has 0 saturated heterocycles. The number of carbonyl (C=O) groups is 2. The van der Waals surface area contributed by atoms with Crippen LogP contribution in [0.2, 0.25) is 0 Å². The molecule has 84 valence electrons. The topological polar surface area (TPSA) is 57.6 Å². The Morgan fingerprint density at radius 1 is 1.40 bits per heavy atom. The van der Waals surface area contributed by atoms with Crippen LogP contribution in [0.4, 0.5) is 0 Å². The second kappa shape index (κ2) is 4.14. The molecule has 0 aromatic heterocycles. The summed E-state index contributed by atoms with van der Waals surface area (Å²) in [6.07, 6.45) is 1.93. The highest BCUT2D eigenvalue weighted by atomic mass is 16.3. The molecule has 0 fully saturated rings. The van der Waals surface area contributed by atoms with Crippen molar-refractivity contribution in [2.45, 2.75) is 27.2 Å². The largest absolute Gasteiger partial charge is 0.396 e. The zero-order chi connectivity index (χ0) is 11.6. The summed E-state index contributed by atoms with van der Waals surface area (Å²) >= 11 is 0. The molecule has 0 saturated carbocycles. The Bertz CT molecular complexity index is 318. The van der Waals surface area contributed by atoms with E-state index < -0.39 is 0 Å². The molecule has 0 bridgehead atoms. The molecule has 1 rings (SSSR count). The van der Waals surface area contributed by atoms with Gasteiger partial charge in [0.25, 0.3) is 11.8 Å². The first-order chi connectivity index (χ1) is 6.87. The van der Waals surface area contributed by atoms with Gasteiger partial charge in [-0.1, -0.05) is 13.8 Å². The highest BCUT2D eigenvalue weighted by molar-refractivity contribution is 6.15. The van der Waals surface area contributed by atoms with E-state index in [0.717, 1.165) is 0 Å². The van der Waals surface area contributed by atoms with Gasteiger partial charge in [0.15, 0.2) is 0 Å². The summed E-state index contributed by atoms with van der Waals surface area (Å²) in [7, 11) is 0. The third kappa shape index (κ3) is 2.65. The van der Waals surface area contributed by atoms with Crippen LogP contribution in [0.3, 0.4) is 0 Å². The first-order valence-corrected chi connectivity index (χ1v) is 5.02. The van der Waals surface area contributed by atoms with Crippen LogP contribution in [0.1, 0.15) is 27.2 Å². The number of amides is 2. The smallest absolute Gasteiger partial charge is 0.256 e. The van der Waals surface area contributed by atoms with Crippen LogP contribution >= 0.6 is 0 Å². The van der Waals surface area contributed by atoms with Gasteiger partial charge in [-0.05, 0) is 18.8 Å². The van der Waals surface area contributed by atoms with Crippen molar-refractivity contribution in [2.75, 3.05) is 13.2 Å². The number of rotatable bonds is 4. The van der Waals surface area contributed by atoms with Crippen LogP contribution in [0.25, 0.3) is 0 Å². The number of carbonyl (C=O) groups excluding carboxylic acids is 2. The summed E-state index contributed by atoms with van der Waals surface area (Å²) in [5, 5.41) is 8.86. The van der Waals surface area contributed by atoms with Crippen molar-refractivity contribution in [3.05, 3.63) is 11.6 Å². The third-order valence-corrected chi connectivity index (χ3v) is 2.56. The SMILES string of the molecule is CC1=CC(=O)N(CC(C)(C)CCO)C1=O. The maximum Gasteiger partial charge on any atom is 0.256 e. The molecular weight excluding hydrogens is 194 g/mol. The van der Waals surface area contributed by atoms with E-state index in [4.69, 9.17) is 5.11 Å². The summed E-state index contributed by atoms with van der Waals surface area (Å²) in [5.41, 5.74) is 0.248. The van der Waals surface area contributed by atoms with Crippen LogP contribution < -0.4 is 0 Å². The fourth-order valence-electron chi connectivity index (χ4n) is 1.60. The van der Waals surface area contributed by atoms with Gasteiger partial charge in [0.2, 0.25) is 0 Å². The van der Waals surface area contributed by atoms with E-state index in [1.165, 1.54) is 11.0 Å². The number of aliphatic hydroxyl groups is 1. The molecule has 0 aliphatic carbocycles. The van der Waals surface area contributed by atoms with E-state index in [1.807, 2.05) is 13.8 Å². The van der Waals surface area contributed by atoms with Crippen molar-refractivity contribution in [3.8, 4) is 0 Å². The van der Waals surface area contributed by atoms with Gasteiger partial charge < -0.3 is 5.11 Å². The Labute approximate surface area is 89.6 Å². The molecular formula is C11H17NO3. The maximum atomic E-state index is 11.6. The minimum absolute atomic E-state index is 0.0651. The molecule has 0 aromatic carbocycles. The minimum atomic E-state index is -0.247. The highest BCUT2D eigenvalue weighted by Gasteiger charge is 2.32. The van der Waals surface area contributed by atoms with Crippen LogP contribution in [0, 0.1) is 5.41 Å². The first kappa shape index (κ1) is 11.9. The van der Waals surface area contributed by atoms with Gasteiger partial charge in [-0.15, -0.1) is 0 Å². The summed E-state index contributed by atoms with van der Waals surface area (Å²) in [4.78, 5) is 24.3. The van der Waals surface area contributed by atoms with Gasteiger partial charge >= 0.3 is 0 Å². The number of hydrogen-bond donors (Lipinski definition) is 1. The lowest BCUT2D eigenvalue weighted by molar-refractivity contribution is -0.139. The second-order valence-electron chi connectivity index (χ2n) is 4.69. The van der Waals surface area contributed by atoms with E-state index in [1.54, 1.807) is 6.92 Å². The predicted octanol–water partition coefficient (Wildman–Crippen LogP) is 0.710. The number of hydrogen-bond acceptors (Lipinski definition) is 3. The monoisotopic (exact) mass is 211 g/mol. The van der Waals surface area contributed by atoms with Gasteiger partial charge in [0.1, 0.15) is 0 Å². The number of imide groups is 1. The molecule has 0 atom stereocenters. The highest BCUT2D eigenvalue weighted by Crippen LogP contribution is 2.24. The number of nitrogens with zero attached hydrogens (tertiary/aromatic N) is 1. The lowest BCUT2D eigenvalue weighted by atomic mass is 9.89. The molecule has 0 aromatic rings. The Morgan fingerprint density at radius 2 is 2.00 bits per heavy atom. The molecule has 0 spiro atoms. The van der Waals surface area contributed by atoms with Crippen LogP contribution in [0.15, 0.2) is 11.6 Å². The fraction of sp³-hybridized carbons (Fsp3) is 0.636. The zero-order valence-corrected chi connectivity index (χ0v) is 9.41. The lowest BCUT2D eigenvalue weighted by Gasteiger charge is -2.28. The van der Waals surface area contributed by atoms with Gasteiger partial charge in [0.05, 0.1) is 0 Å². The van der Waals surface area contributed by atoms with Crippen LogP contribution in [-0.2, 0) is 9.59 Å². The molecule has 1 aliphatic rings. The third-order valence-electron chi connectivity index (χ3n) is 2.56. The van der Waals surface area contributed by atoms with Gasteiger partial charge in [-0.25, -0.2) is 0 Å². The average molecular weight is 211 g/mol. The second-order valence-corrected chi connectivity index (χ2v) is 4.69. The van der Waals surface area contributed by atoms with E-state index in [0.29, 0.717) is 18.5 Å². The summed E-state index contributed by atoms with van der Waals surface area (Å²) in [5.74, 6) is -0.463. The Balaban J connectivity index is 2.68. The Hall–Kier alpha value is -1.16. The van der Waals surface area contributed by atoms with Gasteiger partial charge in [-0.3, -0.25) is 14.5 Å². The van der Waals surface area contributed by atoms with Crippen molar-refractivity contribution >= 4 is 11.8 Å². The predicted molar refractivity (Wildman–Crippen MR) is 56.0 cm³/mol. The molecule has 1 aliphatic heterocycles. The van der Waals surface area contributed by atoms with Gasteiger partial charge in [0, 0.05) is 24.8 Å². The first-order valence-electron chi connectivity index (χ1n) is 5.02. The molecule has 1 heterocycles. The molecule has 0 radical (unpaired) electrons. The van der Waals surface area contributed by atoms with E-state index >= 15 is 0 Å². The summed E-state index contributed by atoms with van der Waals surface area (Å²) < 4.78 is 0. The van der Waals surface area contributed by atoms with Crippen molar-refractivity contribution in [3.63, 3.8) is 0 Å². The quantitative estimate of drug-likeness (QED) is 0.697. The Kier molecular flexibility index (Phi) is 3.29. The summed E-state index contributed by atoms with van der Waals surface area (Å²) in [6, 6.07) is 0. The summed E-state index contributed by atoms with van der Waals surface area (Å²) in [6.45, 7) is 5.92. The lowest BCUT2D eigenvalue weighted by Crippen LogP contribution is -2.39. The normalized spacial score (nSPS) is 17.3. The molecule has 1 N–H and O–H groups in total. The minimum Gasteiger partial charge on any atom is -0.396 e. The number of aliphatic hydroxyl groups excluding tert-OH is 1. The van der Waals surface area contributed by atoms with E-state index in [9.17, 15) is 9.59 Å². The molecule has 4 heteroatoms. The molecule has 2 amide bonds. The van der Waals surface area contributed by atoms with Crippen molar-refractivity contribution in [1.82, 2.24) is 4.90 Å². The fourth-order valence-corrected chi connectivity index (χ4v) is 1.60. The van der Waals surface area contributed by atoms with E-state index in [2.05, 4.69) is 0 Å². The maximum absolute atomic E-state index is 11.6. The zero-order valence-electron chi connectivity index (χ0n) is 9.41.